The van der Waals surface area contributed by atoms with Crippen LogP contribution >= 0.6 is 0 Å². The minimum atomic E-state index is -0.955. The van der Waals surface area contributed by atoms with Gasteiger partial charge in [0.25, 0.3) is 5.69 Å². The first-order chi connectivity index (χ1) is 13.9. The van der Waals surface area contributed by atoms with E-state index in [9.17, 15) is 14.9 Å². The molecule has 154 valence electrons. The lowest BCUT2D eigenvalue weighted by Crippen LogP contribution is -2.41. The van der Waals surface area contributed by atoms with E-state index in [0.717, 1.165) is 6.42 Å². The largest absolute Gasteiger partial charge is 0.497 e. The molecular weight excluding hydrogens is 382 g/mol. The van der Waals surface area contributed by atoms with E-state index < -0.39 is 10.7 Å². The van der Waals surface area contributed by atoms with Crippen LogP contribution in [-0.4, -0.2) is 43.2 Å². The van der Waals surface area contributed by atoms with Crippen LogP contribution < -0.4 is 10.2 Å². The summed E-state index contributed by atoms with van der Waals surface area (Å²) < 4.78 is 21.6. The van der Waals surface area contributed by atoms with Gasteiger partial charge in [-0.1, -0.05) is 0 Å². The van der Waals surface area contributed by atoms with Gasteiger partial charge in [-0.15, -0.1) is 0 Å². The van der Waals surface area contributed by atoms with Crippen LogP contribution in [0, 0.1) is 10.1 Å². The molecule has 1 aromatic carbocycles. The van der Waals surface area contributed by atoms with Gasteiger partial charge in [-0.2, -0.15) is 5.10 Å². The summed E-state index contributed by atoms with van der Waals surface area (Å²) in [6.07, 6.45) is 2.11. The molecule has 0 bridgehead atoms. The number of nitro benzene ring substituents is 1. The fraction of sp³-hybridized carbons (Fsp3) is 0.368. The summed E-state index contributed by atoms with van der Waals surface area (Å²) in [4.78, 5) is 22.8. The SMILES string of the molecule is COc1ccc(-c2ccc(/C=N\NC(=O)CC3(C)OCCCO3)o2)c([N+](=O)[O-])c1. The number of hydrogen-bond acceptors (Lipinski definition) is 8. The van der Waals surface area contributed by atoms with Crippen LogP contribution in [0.25, 0.3) is 11.3 Å². The molecule has 3 rings (SSSR count). The minimum Gasteiger partial charge on any atom is -0.497 e. The molecule has 1 amide bonds. The molecule has 0 unspecified atom stereocenters. The van der Waals surface area contributed by atoms with Crippen molar-refractivity contribution in [1.29, 1.82) is 0 Å². The topological polar surface area (TPSA) is 125 Å². The highest BCUT2D eigenvalue weighted by Gasteiger charge is 2.31. The van der Waals surface area contributed by atoms with Crippen LogP contribution in [0.4, 0.5) is 5.69 Å². The Morgan fingerprint density at radius 3 is 2.79 bits per heavy atom. The minimum absolute atomic E-state index is 0.00574. The molecule has 1 fully saturated rings. The molecule has 2 aromatic rings. The van der Waals surface area contributed by atoms with Gasteiger partial charge in [0.15, 0.2) is 5.79 Å². The number of methoxy groups -OCH3 is 1. The van der Waals surface area contributed by atoms with Gasteiger partial charge in [-0.3, -0.25) is 14.9 Å². The summed E-state index contributed by atoms with van der Waals surface area (Å²) in [5.74, 6) is -0.340. The van der Waals surface area contributed by atoms with Crippen LogP contribution in [0.3, 0.4) is 0 Å². The van der Waals surface area contributed by atoms with Gasteiger partial charge in [-0.25, -0.2) is 5.43 Å². The Morgan fingerprint density at radius 1 is 1.34 bits per heavy atom. The summed E-state index contributed by atoms with van der Waals surface area (Å²) in [6, 6.07) is 7.65. The highest BCUT2D eigenvalue weighted by atomic mass is 16.7. The number of carbonyl (C=O) groups excluding carboxylic acids is 1. The summed E-state index contributed by atoms with van der Waals surface area (Å²) >= 11 is 0. The molecule has 1 N–H and O–H groups in total. The summed E-state index contributed by atoms with van der Waals surface area (Å²) in [5.41, 5.74) is 2.55. The number of nitrogens with zero attached hydrogens (tertiary/aromatic N) is 2. The van der Waals surface area contributed by atoms with Gasteiger partial charge in [0.05, 0.1) is 49.5 Å². The Bertz CT molecular complexity index is 916. The van der Waals surface area contributed by atoms with E-state index in [2.05, 4.69) is 10.5 Å². The lowest BCUT2D eigenvalue weighted by atomic mass is 10.1. The summed E-state index contributed by atoms with van der Waals surface area (Å²) in [7, 11) is 1.43. The average Bonchev–Trinajstić information content (AvgIpc) is 3.16. The number of nitro groups is 1. The van der Waals surface area contributed by atoms with Crippen LogP contribution in [0.15, 0.2) is 39.9 Å². The van der Waals surface area contributed by atoms with Crippen molar-refractivity contribution in [1.82, 2.24) is 5.43 Å². The average molecular weight is 403 g/mol. The summed E-state index contributed by atoms with van der Waals surface area (Å²) in [6.45, 7) is 2.79. The molecule has 2 heterocycles. The third-order valence-electron chi connectivity index (χ3n) is 4.26. The second-order valence-electron chi connectivity index (χ2n) is 6.50. The van der Waals surface area contributed by atoms with E-state index >= 15 is 0 Å². The Hall–Kier alpha value is -3.24. The fourth-order valence-corrected chi connectivity index (χ4v) is 2.84. The van der Waals surface area contributed by atoms with E-state index in [0.29, 0.717) is 36.0 Å². The van der Waals surface area contributed by atoms with Gasteiger partial charge in [-0.05, 0) is 37.6 Å². The molecule has 10 heteroatoms. The number of hydrazone groups is 1. The van der Waals surface area contributed by atoms with Gasteiger partial charge >= 0.3 is 0 Å². The quantitative estimate of drug-likeness (QED) is 0.428. The maximum atomic E-state index is 12.0. The number of carbonyl (C=O) groups is 1. The van der Waals surface area contributed by atoms with Crippen LogP contribution in [0.5, 0.6) is 5.75 Å². The smallest absolute Gasteiger partial charge is 0.284 e. The number of benzene rings is 1. The molecule has 1 saturated heterocycles. The molecule has 0 aliphatic carbocycles. The maximum absolute atomic E-state index is 12.0. The van der Waals surface area contributed by atoms with Crippen molar-refractivity contribution >= 4 is 17.8 Å². The fourth-order valence-electron chi connectivity index (χ4n) is 2.84. The molecule has 1 aromatic heterocycles. The molecule has 0 saturated carbocycles. The molecule has 10 nitrogen and oxygen atoms in total. The molecule has 1 aliphatic heterocycles. The lowest BCUT2D eigenvalue weighted by molar-refractivity contribution is -0.384. The second-order valence-corrected chi connectivity index (χ2v) is 6.50. The standard InChI is InChI=1S/C19H21N3O7/c1-19(27-8-3-9-28-19)11-18(23)21-20-12-14-5-7-17(29-14)15-6-4-13(26-2)10-16(15)22(24)25/h4-7,10,12H,3,8-9,11H2,1-2H3,(H,21,23)/b20-12-. The van der Waals surface area contributed by atoms with Gasteiger partial charge < -0.3 is 18.6 Å². The molecule has 1 aliphatic rings. The maximum Gasteiger partial charge on any atom is 0.284 e. The third kappa shape index (κ3) is 5.18. The van der Waals surface area contributed by atoms with Crippen LogP contribution in [0.1, 0.15) is 25.5 Å². The lowest BCUT2D eigenvalue weighted by Gasteiger charge is -2.33. The van der Waals surface area contributed by atoms with Crippen molar-refractivity contribution in [2.75, 3.05) is 20.3 Å². The molecule has 29 heavy (non-hydrogen) atoms. The second kappa shape index (κ2) is 8.84. The van der Waals surface area contributed by atoms with E-state index in [4.69, 9.17) is 18.6 Å². The number of nitrogens with one attached hydrogen (secondary N) is 1. The van der Waals surface area contributed by atoms with Crippen molar-refractivity contribution in [3.63, 3.8) is 0 Å². The summed E-state index contributed by atoms with van der Waals surface area (Å²) in [5, 5.41) is 15.2. The van der Waals surface area contributed by atoms with E-state index in [1.165, 1.54) is 19.4 Å². The number of hydrogen-bond donors (Lipinski definition) is 1. The third-order valence-corrected chi connectivity index (χ3v) is 4.26. The van der Waals surface area contributed by atoms with Gasteiger partial charge in [0.2, 0.25) is 5.91 Å². The number of rotatable bonds is 7. The Kier molecular flexibility index (Phi) is 6.25. The molecule has 0 radical (unpaired) electrons. The first kappa shape index (κ1) is 20.5. The highest BCUT2D eigenvalue weighted by molar-refractivity contribution is 5.82. The zero-order valence-electron chi connectivity index (χ0n) is 16.0. The predicted molar refractivity (Wildman–Crippen MR) is 103 cm³/mol. The van der Waals surface area contributed by atoms with Crippen molar-refractivity contribution < 1.29 is 28.3 Å². The zero-order valence-corrected chi connectivity index (χ0v) is 16.0. The highest BCUT2D eigenvalue weighted by Crippen LogP contribution is 2.33. The van der Waals surface area contributed by atoms with Crippen molar-refractivity contribution in [2.45, 2.75) is 25.6 Å². The number of ether oxygens (including phenoxy) is 3. The van der Waals surface area contributed by atoms with Gasteiger partial charge in [0, 0.05) is 0 Å². The first-order valence-electron chi connectivity index (χ1n) is 8.93. The normalized spacial score (nSPS) is 15.9. The van der Waals surface area contributed by atoms with Crippen LogP contribution in [-0.2, 0) is 14.3 Å². The Labute approximate surface area is 166 Å². The monoisotopic (exact) mass is 403 g/mol. The van der Waals surface area contributed by atoms with E-state index in [1.54, 1.807) is 31.2 Å². The van der Waals surface area contributed by atoms with Crippen molar-refractivity contribution in [3.8, 4) is 17.1 Å². The molecule has 0 atom stereocenters. The van der Waals surface area contributed by atoms with Gasteiger partial charge in [0.1, 0.15) is 17.3 Å². The number of furan rings is 1. The van der Waals surface area contributed by atoms with E-state index in [-0.39, 0.29) is 18.0 Å². The Balaban J connectivity index is 1.64. The molecule has 0 spiro atoms. The van der Waals surface area contributed by atoms with Crippen molar-refractivity contribution in [3.05, 3.63) is 46.2 Å². The predicted octanol–water partition coefficient (Wildman–Crippen LogP) is 2.86. The number of amides is 1. The first-order valence-corrected chi connectivity index (χ1v) is 8.93. The molecular formula is C19H21N3O7. The zero-order chi connectivity index (χ0) is 20.9. The van der Waals surface area contributed by atoms with Crippen molar-refractivity contribution in [2.24, 2.45) is 5.10 Å². The Morgan fingerprint density at radius 2 is 2.10 bits per heavy atom. The van der Waals surface area contributed by atoms with Crippen LogP contribution in [0.2, 0.25) is 0 Å². The van der Waals surface area contributed by atoms with E-state index in [1.807, 2.05) is 0 Å².